The number of aromatic nitrogens is 3. The summed E-state index contributed by atoms with van der Waals surface area (Å²) in [7, 11) is 2.18. The summed E-state index contributed by atoms with van der Waals surface area (Å²) in [5, 5.41) is 4.30. The van der Waals surface area contributed by atoms with E-state index in [2.05, 4.69) is 75.1 Å². The standard InChI is InChI=1S/C25H34ClN7/c1-17(2)32-10-8-19(9-11-32)28-22-21(26)16-27-25-23(22)29-24(30-25)18-4-6-20(7-5-18)33-14-12-31(3)13-15-33/h4-7,16-17,19H,8-15H2,1-3H3,(H2,27,28,29,30). The Morgan fingerprint density at radius 3 is 2.39 bits per heavy atom. The maximum Gasteiger partial charge on any atom is 0.159 e. The van der Waals surface area contributed by atoms with Crippen molar-refractivity contribution < 1.29 is 0 Å². The Labute approximate surface area is 201 Å². The zero-order valence-corrected chi connectivity index (χ0v) is 20.6. The van der Waals surface area contributed by atoms with Crippen LogP contribution in [0.25, 0.3) is 22.6 Å². The van der Waals surface area contributed by atoms with Crippen LogP contribution < -0.4 is 10.2 Å². The third-order valence-electron chi connectivity index (χ3n) is 7.08. The number of benzene rings is 1. The van der Waals surface area contributed by atoms with Crippen LogP contribution in [0.2, 0.25) is 5.02 Å². The highest BCUT2D eigenvalue weighted by Gasteiger charge is 2.23. The van der Waals surface area contributed by atoms with E-state index in [1.54, 1.807) is 6.20 Å². The lowest BCUT2D eigenvalue weighted by Crippen LogP contribution is -2.44. The molecule has 2 aromatic heterocycles. The van der Waals surface area contributed by atoms with Crippen LogP contribution in [0.4, 0.5) is 11.4 Å². The van der Waals surface area contributed by atoms with E-state index in [0.29, 0.717) is 17.1 Å². The van der Waals surface area contributed by atoms with Gasteiger partial charge in [0.1, 0.15) is 11.3 Å². The third-order valence-corrected chi connectivity index (χ3v) is 7.37. The van der Waals surface area contributed by atoms with Gasteiger partial charge in [0.05, 0.1) is 16.9 Å². The molecule has 0 bridgehead atoms. The van der Waals surface area contributed by atoms with Crippen molar-refractivity contribution >= 4 is 34.1 Å². The Balaban J connectivity index is 1.34. The predicted octanol–water partition coefficient (Wildman–Crippen LogP) is 4.31. The Kier molecular flexibility index (Phi) is 6.45. The fourth-order valence-electron chi connectivity index (χ4n) is 4.86. The number of hydrogen-bond donors (Lipinski definition) is 2. The van der Waals surface area contributed by atoms with Crippen molar-refractivity contribution in [3.63, 3.8) is 0 Å². The number of halogens is 1. The zero-order valence-electron chi connectivity index (χ0n) is 19.8. The van der Waals surface area contributed by atoms with Gasteiger partial charge in [0.2, 0.25) is 0 Å². The first-order valence-corrected chi connectivity index (χ1v) is 12.4. The van der Waals surface area contributed by atoms with Gasteiger partial charge in [-0.25, -0.2) is 9.97 Å². The minimum atomic E-state index is 0.395. The van der Waals surface area contributed by atoms with E-state index < -0.39 is 0 Å². The quantitative estimate of drug-likeness (QED) is 0.582. The van der Waals surface area contributed by atoms with Gasteiger partial charge in [-0.2, -0.15) is 0 Å². The fraction of sp³-hybridized carbons (Fsp3) is 0.520. The molecule has 1 aromatic carbocycles. The molecule has 5 rings (SSSR count). The van der Waals surface area contributed by atoms with Crippen molar-refractivity contribution in [2.45, 2.75) is 38.8 Å². The first kappa shape index (κ1) is 22.4. The van der Waals surface area contributed by atoms with Crippen LogP contribution in [0, 0.1) is 0 Å². The van der Waals surface area contributed by atoms with Crippen molar-refractivity contribution in [1.82, 2.24) is 24.8 Å². The molecule has 0 atom stereocenters. The highest BCUT2D eigenvalue weighted by molar-refractivity contribution is 6.34. The summed E-state index contributed by atoms with van der Waals surface area (Å²) in [5.41, 5.74) is 4.78. The molecule has 0 aliphatic carbocycles. The molecule has 7 nitrogen and oxygen atoms in total. The second kappa shape index (κ2) is 9.49. The predicted molar refractivity (Wildman–Crippen MR) is 137 cm³/mol. The molecular weight excluding hydrogens is 434 g/mol. The van der Waals surface area contributed by atoms with Gasteiger partial charge < -0.3 is 25.0 Å². The van der Waals surface area contributed by atoms with Gasteiger partial charge in [-0.05, 0) is 58.0 Å². The number of aromatic amines is 1. The number of likely N-dealkylation sites (tertiary alicyclic amines) is 1. The lowest BCUT2D eigenvalue weighted by atomic mass is 10.0. The van der Waals surface area contributed by atoms with Crippen LogP contribution in [-0.2, 0) is 0 Å². The lowest BCUT2D eigenvalue weighted by molar-refractivity contribution is 0.177. The van der Waals surface area contributed by atoms with E-state index in [4.69, 9.17) is 16.6 Å². The molecule has 2 fully saturated rings. The molecule has 3 aromatic rings. The molecule has 2 aliphatic heterocycles. The maximum atomic E-state index is 6.58. The van der Waals surface area contributed by atoms with Gasteiger partial charge in [0.15, 0.2) is 5.65 Å². The smallest absolute Gasteiger partial charge is 0.159 e. The van der Waals surface area contributed by atoms with Crippen molar-refractivity contribution in [2.75, 3.05) is 56.5 Å². The number of likely N-dealkylation sites (N-methyl/N-ethyl adjacent to an activating group) is 1. The molecule has 0 saturated carbocycles. The van der Waals surface area contributed by atoms with E-state index in [9.17, 15) is 0 Å². The van der Waals surface area contributed by atoms with Crippen LogP contribution in [0.15, 0.2) is 30.5 Å². The number of anilines is 2. The second-order valence-corrected chi connectivity index (χ2v) is 10.1. The van der Waals surface area contributed by atoms with Crippen LogP contribution in [-0.4, -0.2) is 83.2 Å². The van der Waals surface area contributed by atoms with Gasteiger partial charge in [-0.1, -0.05) is 11.6 Å². The zero-order chi connectivity index (χ0) is 22.9. The number of fused-ring (bicyclic) bond motifs is 1. The largest absolute Gasteiger partial charge is 0.379 e. The molecule has 2 saturated heterocycles. The normalized spacial score (nSPS) is 19.0. The Hall–Kier alpha value is -2.35. The minimum Gasteiger partial charge on any atom is -0.379 e. The maximum absolute atomic E-state index is 6.58. The Morgan fingerprint density at radius 1 is 1.03 bits per heavy atom. The molecule has 176 valence electrons. The first-order chi connectivity index (χ1) is 16.0. The number of piperazine rings is 1. The van der Waals surface area contributed by atoms with Gasteiger partial charge in [-0.15, -0.1) is 0 Å². The number of nitrogens with zero attached hydrogens (tertiary/aromatic N) is 5. The Bertz CT molecular complexity index is 1080. The summed E-state index contributed by atoms with van der Waals surface area (Å²) in [6.45, 7) is 11.1. The van der Waals surface area contributed by atoms with Crippen molar-refractivity contribution in [2.24, 2.45) is 0 Å². The highest BCUT2D eigenvalue weighted by Crippen LogP contribution is 2.32. The molecule has 0 spiro atoms. The fourth-order valence-corrected chi connectivity index (χ4v) is 5.06. The summed E-state index contributed by atoms with van der Waals surface area (Å²) in [4.78, 5) is 20.1. The van der Waals surface area contributed by atoms with Gasteiger partial charge in [-0.3, -0.25) is 0 Å². The molecule has 8 heteroatoms. The molecule has 2 N–H and O–H groups in total. The lowest BCUT2D eigenvalue weighted by Gasteiger charge is -2.35. The summed E-state index contributed by atoms with van der Waals surface area (Å²) in [5.74, 6) is 0.822. The van der Waals surface area contributed by atoms with Crippen LogP contribution in [0.1, 0.15) is 26.7 Å². The topological polar surface area (TPSA) is 63.3 Å². The molecule has 2 aliphatic rings. The molecule has 0 amide bonds. The van der Waals surface area contributed by atoms with E-state index in [1.165, 1.54) is 5.69 Å². The van der Waals surface area contributed by atoms with Crippen LogP contribution in [0.5, 0.6) is 0 Å². The molecule has 0 radical (unpaired) electrons. The van der Waals surface area contributed by atoms with Crippen molar-refractivity contribution in [3.05, 3.63) is 35.5 Å². The number of nitrogens with one attached hydrogen (secondary N) is 2. The first-order valence-electron chi connectivity index (χ1n) is 12.1. The van der Waals surface area contributed by atoms with Gasteiger partial charge >= 0.3 is 0 Å². The van der Waals surface area contributed by atoms with E-state index >= 15 is 0 Å². The second-order valence-electron chi connectivity index (χ2n) is 9.65. The van der Waals surface area contributed by atoms with Crippen LogP contribution >= 0.6 is 11.6 Å². The number of pyridine rings is 1. The third kappa shape index (κ3) is 4.81. The van der Waals surface area contributed by atoms with E-state index in [0.717, 1.165) is 80.3 Å². The van der Waals surface area contributed by atoms with Gasteiger partial charge in [0, 0.05) is 62.6 Å². The summed E-state index contributed by atoms with van der Waals surface area (Å²) in [6, 6.07) is 9.65. The molecule has 4 heterocycles. The summed E-state index contributed by atoms with van der Waals surface area (Å²) >= 11 is 6.58. The summed E-state index contributed by atoms with van der Waals surface area (Å²) in [6.07, 6.45) is 3.92. The molecule has 0 unspecified atom stereocenters. The number of hydrogen-bond acceptors (Lipinski definition) is 6. The van der Waals surface area contributed by atoms with Crippen LogP contribution in [0.3, 0.4) is 0 Å². The van der Waals surface area contributed by atoms with Crippen molar-refractivity contribution in [3.8, 4) is 11.4 Å². The number of piperidine rings is 1. The SMILES string of the molecule is CC(C)N1CCC(Nc2c(Cl)cnc3[nH]c(-c4ccc(N5CCN(C)CC5)cc4)nc23)CC1. The highest BCUT2D eigenvalue weighted by atomic mass is 35.5. The van der Waals surface area contributed by atoms with E-state index in [-0.39, 0.29) is 0 Å². The monoisotopic (exact) mass is 467 g/mol. The van der Waals surface area contributed by atoms with E-state index in [1.807, 2.05) is 0 Å². The number of rotatable bonds is 5. The average Bonchev–Trinajstić information content (AvgIpc) is 3.27. The Morgan fingerprint density at radius 2 is 1.73 bits per heavy atom. The van der Waals surface area contributed by atoms with Crippen molar-refractivity contribution in [1.29, 1.82) is 0 Å². The minimum absolute atomic E-state index is 0.395. The summed E-state index contributed by atoms with van der Waals surface area (Å²) < 4.78 is 0. The molecular formula is C25H34ClN7. The number of imidazole rings is 1. The molecule has 33 heavy (non-hydrogen) atoms. The average molecular weight is 468 g/mol. The van der Waals surface area contributed by atoms with Gasteiger partial charge in [0.25, 0.3) is 0 Å². The number of H-pyrrole nitrogens is 1.